The molecule has 0 bridgehead atoms. The van der Waals surface area contributed by atoms with Crippen molar-refractivity contribution in [3.05, 3.63) is 48.6 Å². The molecule has 0 heterocycles. The fourth-order valence-electron chi connectivity index (χ4n) is 3.25. The standard InChI is InChI=1S/C25H37N3O6/c1-7-14-34-21(29)16-27(5)25(33)20(15-19-12-10-9-11-13-19)28(6)24(32)18(4)26-23(31)22(30)17(3)8-2/h7,9-13,17-18,20,22,30H,1,8,14-16H2,2-6H3,(H,26,31)/t17-,18-,20+,22+/m0/s1. The van der Waals surface area contributed by atoms with Crippen LogP contribution in [0.2, 0.25) is 0 Å². The normalized spacial score (nSPS) is 14.2. The average Bonchev–Trinajstić information content (AvgIpc) is 2.83. The predicted octanol–water partition coefficient (Wildman–Crippen LogP) is 1.16. The number of nitrogens with one attached hydrogen (secondary N) is 1. The molecule has 1 aromatic rings. The van der Waals surface area contributed by atoms with Gasteiger partial charge in [-0.2, -0.15) is 0 Å². The molecule has 0 fully saturated rings. The molecule has 9 heteroatoms. The molecule has 3 amide bonds. The van der Waals surface area contributed by atoms with E-state index in [1.807, 2.05) is 37.3 Å². The predicted molar refractivity (Wildman–Crippen MR) is 129 cm³/mol. The largest absolute Gasteiger partial charge is 0.460 e. The third-order valence-electron chi connectivity index (χ3n) is 5.66. The van der Waals surface area contributed by atoms with Gasteiger partial charge in [-0.15, -0.1) is 0 Å². The lowest BCUT2D eigenvalue weighted by Crippen LogP contribution is -2.56. The van der Waals surface area contributed by atoms with E-state index in [0.29, 0.717) is 6.42 Å². The van der Waals surface area contributed by atoms with Crippen LogP contribution in [-0.4, -0.2) is 84.0 Å². The van der Waals surface area contributed by atoms with Crippen molar-refractivity contribution in [1.29, 1.82) is 0 Å². The number of aliphatic hydroxyl groups is 1. The molecule has 0 aliphatic carbocycles. The molecular weight excluding hydrogens is 438 g/mol. The number of amides is 3. The van der Waals surface area contributed by atoms with Crippen LogP contribution >= 0.6 is 0 Å². The molecule has 4 atom stereocenters. The number of hydrogen-bond donors (Lipinski definition) is 2. The van der Waals surface area contributed by atoms with Crippen LogP contribution in [0.1, 0.15) is 32.8 Å². The Hall–Kier alpha value is -3.20. The van der Waals surface area contributed by atoms with E-state index in [9.17, 15) is 24.3 Å². The zero-order valence-corrected chi connectivity index (χ0v) is 20.7. The van der Waals surface area contributed by atoms with E-state index in [1.165, 1.54) is 36.9 Å². The van der Waals surface area contributed by atoms with Gasteiger partial charge in [-0.1, -0.05) is 63.3 Å². The van der Waals surface area contributed by atoms with Crippen LogP contribution in [0.3, 0.4) is 0 Å². The van der Waals surface area contributed by atoms with Gasteiger partial charge in [0.15, 0.2) is 0 Å². The van der Waals surface area contributed by atoms with Crippen molar-refractivity contribution in [2.45, 2.75) is 51.8 Å². The van der Waals surface area contributed by atoms with Crippen LogP contribution in [0.4, 0.5) is 0 Å². The third kappa shape index (κ3) is 8.62. The zero-order chi connectivity index (χ0) is 25.8. The minimum atomic E-state index is -1.24. The lowest BCUT2D eigenvalue weighted by Gasteiger charge is -2.32. The van der Waals surface area contributed by atoms with Gasteiger partial charge < -0.3 is 25.0 Å². The smallest absolute Gasteiger partial charge is 0.325 e. The van der Waals surface area contributed by atoms with Gasteiger partial charge in [-0.3, -0.25) is 19.2 Å². The minimum Gasteiger partial charge on any atom is -0.460 e. The number of likely N-dealkylation sites (N-methyl/N-ethyl adjacent to an activating group) is 2. The molecule has 9 nitrogen and oxygen atoms in total. The SMILES string of the molecule is C=CCOC(=O)CN(C)C(=O)[C@@H](Cc1ccccc1)N(C)C(=O)[C@H](C)NC(=O)[C@H](O)[C@@H](C)CC. The number of hydrogen-bond acceptors (Lipinski definition) is 6. The van der Waals surface area contributed by atoms with Crippen molar-refractivity contribution in [2.24, 2.45) is 5.92 Å². The number of rotatable bonds is 13. The Morgan fingerprint density at radius 3 is 2.29 bits per heavy atom. The molecule has 0 aromatic heterocycles. The number of carbonyl (C=O) groups is 4. The Bertz CT molecular complexity index is 844. The number of esters is 1. The molecule has 0 spiro atoms. The third-order valence-corrected chi connectivity index (χ3v) is 5.66. The highest BCUT2D eigenvalue weighted by atomic mass is 16.5. The maximum atomic E-state index is 13.3. The number of benzene rings is 1. The summed E-state index contributed by atoms with van der Waals surface area (Å²) >= 11 is 0. The van der Waals surface area contributed by atoms with Crippen molar-refractivity contribution >= 4 is 23.7 Å². The van der Waals surface area contributed by atoms with E-state index in [2.05, 4.69) is 11.9 Å². The summed E-state index contributed by atoms with van der Waals surface area (Å²) in [6, 6.07) is 7.28. The van der Waals surface area contributed by atoms with Crippen molar-refractivity contribution < 1.29 is 29.0 Å². The molecular formula is C25H37N3O6. The molecule has 0 radical (unpaired) electrons. The van der Waals surface area contributed by atoms with E-state index in [-0.39, 0.29) is 25.5 Å². The van der Waals surface area contributed by atoms with Gasteiger partial charge in [0.1, 0.15) is 31.3 Å². The first-order chi connectivity index (χ1) is 16.0. The van der Waals surface area contributed by atoms with Crippen LogP contribution in [0.25, 0.3) is 0 Å². The van der Waals surface area contributed by atoms with E-state index in [1.54, 1.807) is 6.92 Å². The summed E-state index contributed by atoms with van der Waals surface area (Å²) in [7, 11) is 2.94. The molecule has 34 heavy (non-hydrogen) atoms. The second-order valence-corrected chi connectivity index (χ2v) is 8.38. The van der Waals surface area contributed by atoms with Crippen molar-refractivity contribution in [1.82, 2.24) is 15.1 Å². The zero-order valence-electron chi connectivity index (χ0n) is 20.7. The highest BCUT2D eigenvalue weighted by Gasteiger charge is 2.33. The van der Waals surface area contributed by atoms with Crippen LogP contribution in [0.5, 0.6) is 0 Å². The van der Waals surface area contributed by atoms with Gasteiger partial charge in [0.2, 0.25) is 17.7 Å². The van der Waals surface area contributed by atoms with E-state index < -0.39 is 41.9 Å². The molecule has 1 rings (SSSR count). The van der Waals surface area contributed by atoms with Gasteiger partial charge in [-0.25, -0.2) is 0 Å². The van der Waals surface area contributed by atoms with E-state index in [4.69, 9.17) is 4.74 Å². The summed E-state index contributed by atoms with van der Waals surface area (Å²) in [4.78, 5) is 53.1. The first-order valence-electron chi connectivity index (χ1n) is 11.3. The topological polar surface area (TPSA) is 116 Å². The first-order valence-corrected chi connectivity index (χ1v) is 11.3. The Morgan fingerprint density at radius 1 is 1.12 bits per heavy atom. The number of carbonyl (C=O) groups excluding carboxylic acids is 4. The summed E-state index contributed by atoms with van der Waals surface area (Å²) in [5, 5.41) is 12.6. The monoisotopic (exact) mass is 475 g/mol. The maximum absolute atomic E-state index is 13.3. The first kappa shape index (κ1) is 28.8. The van der Waals surface area contributed by atoms with Crippen LogP contribution < -0.4 is 5.32 Å². The van der Waals surface area contributed by atoms with Crippen LogP contribution in [-0.2, 0) is 30.3 Å². The summed E-state index contributed by atoms with van der Waals surface area (Å²) in [5.41, 5.74) is 0.826. The molecule has 1 aromatic carbocycles. The van der Waals surface area contributed by atoms with Gasteiger partial charge in [0.05, 0.1) is 0 Å². The second kappa shape index (κ2) is 14.1. The number of nitrogens with zero attached hydrogens (tertiary/aromatic N) is 2. The van der Waals surface area contributed by atoms with Crippen molar-refractivity contribution in [3.8, 4) is 0 Å². The molecule has 0 saturated carbocycles. The molecule has 2 N–H and O–H groups in total. The Morgan fingerprint density at radius 2 is 1.74 bits per heavy atom. The van der Waals surface area contributed by atoms with Crippen molar-refractivity contribution in [2.75, 3.05) is 27.2 Å². The highest BCUT2D eigenvalue weighted by molar-refractivity contribution is 5.93. The minimum absolute atomic E-state index is 0.0341. The summed E-state index contributed by atoms with van der Waals surface area (Å²) in [6.07, 6.45) is 1.01. The maximum Gasteiger partial charge on any atom is 0.325 e. The summed E-state index contributed by atoms with van der Waals surface area (Å²) < 4.78 is 4.95. The van der Waals surface area contributed by atoms with Gasteiger partial charge in [0, 0.05) is 20.5 Å². The second-order valence-electron chi connectivity index (χ2n) is 8.38. The van der Waals surface area contributed by atoms with Crippen molar-refractivity contribution in [3.63, 3.8) is 0 Å². The fraction of sp³-hybridized carbons (Fsp3) is 0.520. The molecule has 0 saturated heterocycles. The number of aliphatic hydroxyl groups excluding tert-OH is 1. The lowest BCUT2D eigenvalue weighted by molar-refractivity contribution is -0.151. The Labute approximate surface area is 201 Å². The molecule has 0 unspecified atom stereocenters. The Balaban J connectivity index is 3.02. The summed E-state index contributed by atoms with van der Waals surface area (Å²) in [6.45, 7) is 8.33. The van der Waals surface area contributed by atoms with Gasteiger partial charge >= 0.3 is 5.97 Å². The Kier molecular flexibility index (Phi) is 12.0. The average molecular weight is 476 g/mol. The fourth-order valence-corrected chi connectivity index (χ4v) is 3.25. The molecule has 188 valence electrons. The van der Waals surface area contributed by atoms with Crippen LogP contribution in [0, 0.1) is 5.92 Å². The quantitative estimate of drug-likeness (QED) is 0.327. The van der Waals surface area contributed by atoms with Crippen LogP contribution in [0.15, 0.2) is 43.0 Å². The molecule has 0 aliphatic heterocycles. The van der Waals surface area contributed by atoms with Gasteiger partial charge in [-0.05, 0) is 18.4 Å². The molecule has 0 aliphatic rings. The summed E-state index contributed by atoms with van der Waals surface area (Å²) in [5.74, 6) is -2.45. The van der Waals surface area contributed by atoms with E-state index in [0.717, 1.165) is 5.56 Å². The number of ether oxygens (including phenoxy) is 1. The van der Waals surface area contributed by atoms with Gasteiger partial charge in [0.25, 0.3) is 0 Å². The highest BCUT2D eigenvalue weighted by Crippen LogP contribution is 2.13. The lowest BCUT2D eigenvalue weighted by atomic mass is 10.0. The van der Waals surface area contributed by atoms with E-state index >= 15 is 0 Å².